The summed E-state index contributed by atoms with van der Waals surface area (Å²) >= 11 is 0. The van der Waals surface area contributed by atoms with E-state index < -0.39 is 96.9 Å². The van der Waals surface area contributed by atoms with Gasteiger partial charge >= 0.3 is 11.9 Å². The van der Waals surface area contributed by atoms with Crippen LogP contribution in [-0.2, 0) is 60.8 Å². The molecule has 6 bridgehead atoms. The zero-order chi connectivity index (χ0) is 63.5. The van der Waals surface area contributed by atoms with E-state index in [0.717, 1.165) is 0 Å². The summed E-state index contributed by atoms with van der Waals surface area (Å²) in [5.41, 5.74) is 0. The molecule has 0 aliphatic carbocycles. The Balaban J connectivity index is 1.80. The number of esters is 2. The van der Waals surface area contributed by atoms with Crippen molar-refractivity contribution in [3.63, 3.8) is 0 Å². The lowest BCUT2D eigenvalue weighted by atomic mass is 9.82. The maximum absolute atomic E-state index is 14.1. The number of ether oxygens (including phenoxy) is 8. The maximum Gasteiger partial charge on any atom is 0.313 e. The number of hydrogen-bond acceptors (Lipinski definition) is 14. The minimum absolute atomic E-state index is 0.0189. The molecule has 4 aliphatic heterocycles. The van der Waals surface area contributed by atoms with Gasteiger partial charge in [-0.15, -0.1) is 0 Å². The lowest BCUT2D eigenvalue weighted by Crippen LogP contribution is -2.61. The van der Waals surface area contributed by atoms with Gasteiger partial charge in [0.15, 0.2) is 42.3 Å². The normalized spacial score (nSPS) is 36.2. The predicted molar refractivity (Wildman–Crippen MR) is 345 cm³/mol. The third-order valence-corrected chi connectivity index (χ3v) is 32.2. The molecular formula is C67H116O14Si3. The first kappa shape index (κ1) is 73.8. The topological polar surface area (TPSA) is 156 Å². The smallest absolute Gasteiger partial charge is 0.313 e. The number of fused-ring (bicyclic) bond motifs is 6. The van der Waals surface area contributed by atoms with Crippen LogP contribution in [-0.4, -0.2) is 135 Å². The second kappa shape index (κ2) is 30.3. The molecule has 0 saturated carbocycles. The minimum atomic E-state index is -2.53. The zero-order valence-corrected chi connectivity index (χ0v) is 59.5. The molecule has 0 aromatic rings. The molecule has 0 aromatic carbocycles. The quantitative estimate of drug-likeness (QED) is 0.181. The van der Waals surface area contributed by atoms with Crippen molar-refractivity contribution in [2.45, 2.75) is 295 Å². The molecule has 0 radical (unpaired) electrons. The Bertz CT molecular complexity index is 2310. The fourth-order valence-electron chi connectivity index (χ4n) is 10.8. The number of methoxy groups -OCH3 is 2. The molecule has 0 aromatic heterocycles. The molecule has 0 unspecified atom stereocenters. The molecule has 480 valence electrons. The van der Waals surface area contributed by atoms with Crippen molar-refractivity contribution < 1.29 is 65.9 Å². The number of allylic oxidation sites excluding steroid dienone is 12. The van der Waals surface area contributed by atoms with Crippen molar-refractivity contribution in [3.8, 4) is 0 Å². The predicted octanol–water partition coefficient (Wildman–Crippen LogP) is 15.3. The van der Waals surface area contributed by atoms with Gasteiger partial charge in [-0.3, -0.25) is 9.59 Å². The summed E-state index contributed by atoms with van der Waals surface area (Å²) in [5, 5.41) is 11.4. The van der Waals surface area contributed by atoms with Crippen molar-refractivity contribution >= 4 is 36.9 Å². The number of cyclic esters (lactones) is 1. The summed E-state index contributed by atoms with van der Waals surface area (Å²) in [6, 6.07) is 0. The molecule has 3 saturated heterocycles. The summed E-state index contributed by atoms with van der Waals surface area (Å²) in [5.74, 6) is -5.03. The van der Waals surface area contributed by atoms with Crippen LogP contribution in [0.3, 0.4) is 0 Å². The van der Waals surface area contributed by atoms with Gasteiger partial charge in [-0.05, 0) is 108 Å². The van der Waals surface area contributed by atoms with Crippen molar-refractivity contribution in [3.05, 3.63) is 85.1 Å². The second-order valence-corrected chi connectivity index (χ2v) is 44.0. The number of carbonyl (C=O) groups excluding carboxylic acids is 2. The largest absolute Gasteiger partial charge is 0.469 e. The Labute approximate surface area is 512 Å². The summed E-state index contributed by atoms with van der Waals surface area (Å²) < 4.78 is 74.2. The van der Waals surface area contributed by atoms with E-state index in [1.807, 2.05) is 95.4 Å². The van der Waals surface area contributed by atoms with Crippen molar-refractivity contribution in [1.29, 1.82) is 0 Å². The van der Waals surface area contributed by atoms with Gasteiger partial charge in [-0.2, -0.15) is 0 Å². The number of carbonyl (C=O) groups is 2. The molecule has 4 heterocycles. The van der Waals surface area contributed by atoms with Crippen LogP contribution in [0, 0.1) is 17.8 Å². The van der Waals surface area contributed by atoms with Gasteiger partial charge in [0.2, 0.25) is 0 Å². The molecule has 3 fully saturated rings. The van der Waals surface area contributed by atoms with Crippen LogP contribution in [0.1, 0.15) is 162 Å². The fourth-order valence-corrected chi connectivity index (χ4v) is 15.0. The number of aliphatic hydroxyl groups is 1. The Morgan fingerprint density at radius 3 is 1.54 bits per heavy atom. The molecule has 4 rings (SSSR count). The zero-order valence-electron chi connectivity index (χ0n) is 56.5. The lowest BCUT2D eigenvalue weighted by molar-refractivity contribution is -0.347. The van der Waals surface area contributed by atoms with Gasteiger partial charge in [0, 0.05) is 45.1 Å². The van der Waals surface area contributed by atoms with Gasteiger partial charge in [0.25, 0.3) is 0 Å². The van der Waals surface area contributed by atoms with Gasteiger partial charge in [0.1, 0.15) is 12.0 Å². The first-order valence-corrected chi connectivity index (χ1v) is 39.9. The van der Waals surface area contributed by atoms with Crippen molar-refractivity contribution in [2.75, 3.05) is 14.2 Å². The number of aliphatic hydroxyl groups excluding tert-OH is 1. The number of rotatable bonds is 8. The van der Waals surface area contributed by atoms with E-state index in [1.165, 1.54) is 7.11 Å². The lowest BCUT2D eigenvalue weighted by Gasteiger charge is -2.52. The molecule has 14 atom stereocenters. The van der Waals surface area contributed by atoms with Crippen LogP contribution < -0.4 is 0 Å². The highest BCUT2D eigenvalue weighted by molar-refractivity contribution is 6.75. The molecule has 4 aliphatic rings. The first-order valence-electron chi connectivity index (χ1n) is 31.2. The van der Waals surface area contributed by atoms with Gasteiger partial charge in [0.05, 0.1) is 68.5 Å². The van der Waals surface area contributed by atoms with E-state index in [4.69, 9.17) is 51.2 Å². The van der Waals surface area contributed by atoms with Crippen LogP contribution >= 0.6 is 0 Å². The SMILES string of the molecule is COC(=O)[C@H]1[C@@H]2C[C@@H](O)/C=C/C=C/C=C/C=C/C=C/C=C/C=C/[C@H](C)[C@@H](O[Si](C)(C)C(C)(C)C)[C@@H](C)[C@H](C)OC(=O)C[C@H]3C[C@@H](CC[C@@H](O[Si](C)(C)C(C)(C)C)[C@H]4C[C@@H](C[C@](OC)(C[C@@H]1O[Si](C)(C)C(C)(C)C)O2)OC(C)(C)O4)OC(C)(C)O3. The van der Waals surface area contributed by atoms with E-state index in [2.05, 4.69) is 128 Å². The van der Waals surface area contributed by atoms with Crippen molar-refractivity contribution in [1.82, 2.24) is 0 Å². The van der Waals surface area contributed by atoms with Crippen LogP contribution in [0.2, 0.25) is 54.4 Å². The number of hydrogen-bond donors (Lipinski definition) is 1. The summed E-state index contributed by atoms with van der Waals surface area (Å²) in [6.07, 6.45) is 24.9. The standard InChI is InChI=1S/C67H116O14Si3/c1-47-37-35-33-31-29-27-25-26-28-30-32-34-36-38-50(68)41-56-59(61(70)71-17)57(80-83(21,22)63(7,8)9)46-67(72-18,78-56)45-53-43-55(77-66(15,16)76-53)54(79-82(19,20)62(4,5)6)40-39-51-42-52(75-65(13,14)74-51)44-58(69)73-49(3)48(2)60(47)81-84(23,24)64(10,11)12/h25-38,47-57,59-60,68H,39-46H2,1-24H3/b26-25+,29-27+,30-28+,33-31+,34-32+,37-35+,38-36+/t47-,48-,49-,50-,51+,52+,53-,54+,55+,56-,57-,59-,60+,67+/m0/s1. The Morgan fingerprint density at radius 2 is 1.02 bits per heavy atom. The van der Waals surface area contributed by atoms with Crippen LogP contribution in [0.15, 0.2) is 85.1 Å². The monoisotopic (exact) mass is 1230 g/mol. The van der Waals surface area contributed by atoms with Gasteiger partial charge in [-0.1, -0.05) is 161 Å². The highest BCUT2D eigenvalue weighted by Gasteiger charge is 2.56. The molecular weight excluding hydrogens is 1110 g/mol. The van der Waals surface area contributed by atoms with Crippen LogP contribution in [0.4, 0.5) is 0 Å². The summed E-state index contributed by atoms with van der Waals surface area (Å²) in [7, 11) is -4.19. The first-order chi connectivity index (χ1) is 38.6. The highest BCUT2D eigenvalue weighted by atomic mass is 28.4. The van der Waals surface area contributed by atoms with Crippen LogP contribution in [0.5, 0.6) is 0 Å². The molecule has 0 amide bonds. The Hall–Kier alpha value is -2.63. The summed E-state index contributed by atoms with van der Waals surface area (Å²) in [4.78, 5) is 28.1. The Kier molecular flexibility index (Phi) is 26.6. The molecule has 17 heteroatoms. The third kappa shape index (κ3) is 21.8. The minimum Gasteiger partial charge on any atom is -0.469 e. The van der Waals surface area contributed by atoms with Crippen molar-refractivity contribution in [2.24, 2.45) is 17.8 Å². The van der Waals surface area contributed by atoms with E-state index in [0.29, 0.717) is 25.7 Å². The average Bonchev–Trinajstić information content (AvgIpc) is 2.47. The van der Waals surface area contributed by atoms with E-state index in [1.54, 1.807) is 19.3 Å². The molecule has 1 N–H and O–H groups in total. The third-order valence-electron chi connectivity index (χ3n) is 18.7. The van der Waals surface area contributed by atoms with E-state index in [-0.39, 0.29) is 76.9 Å². The average molecular weight is 1230 g/mol. The van der Waals surface area contributed by atoms with Gasteiger partial charge < -0.3 is 56.3 Å². The highest BCUT2D eigenvalue weighted by Crippen LogP contribution is 2.48. The summed E-state index contributed by atoms with van der Waals surface area (Å²) in [6.45, 7) is 47.3. The fraction of sp³-hybridized carbons (Fsp3) is 0.761. The van der Waals surface area contributed by atoms with Crippen LogP contribution in [0.25, 0.3) is 0 Å². The van der Waals surface area contributed by atoms with E-state index in [9.17, 15) is 14.7 Å². The van der Waals surface area contributed by atoms with Gasteiger partial charge in [-0.25, -0.2) is 0 Å². The second-order valence-electron chi connectivity index (χ2n) is 29.7. The molecule has 84 heavy (non-hydrogen) atoms. The van der Waals surface area contributed by atoms with E-state index >= 15 is 0 Å². The molecule has 0 spiro atoms. The Morgan fingerprint density at radius 1 is 0.560 bits per heavy atom. The molecule has 14 nitrogen and oxygen atoms in total. The maximum atomic E-state index is 14.1.